The number of hydrogen-bond acceptors (Lipinski definition) is 4. The van der Waals surface area contributed by atoms with Gasteiger partial charge in [-0.15, -0.1) is 0 Å². The minimum atomic E-state index is -0.753. The number of rotatable bonds is 4. The normalized spacial score (nSPS) is 38.2. The molecular weight excluding hydrogens is 334 g/mol. The van der Waals surface area contributed by atoms with Crippen LogP contribution in [0.3, 0.4) is 0 Å². The van der Waals surface area contributed by atoms with E-state index in [9.17, 15) is 14.4 Å². The van der Waals surface area contributed by atoms with Crippen LogP contribution in [-0.2, 0) is 14.3 Å². The molecule has 7 nitrogen and oxygen atoms in total. The number of alkyl carbamates (subject to hydrolysis) is 1. The van der Waals surface area contributed by atoms with Gasteiger partial charge in [0.25, 0.3) is 0 Å². The Kier molecular flexibility index (Phi) is 3.63. The molecule has 26 heavy (non-hydrogen) atoms. The van der Waals surface area contributed by atoms with Gasteiger partial charge in [-0.2, -0.15) is 0 Å². The second-order valence-corrected chi connectivity index (χ2v) is 9.89. The van der Waals surface area contributed by atoms with Crippen LogP contribution in [0.5, 0.6) is 0 Å². The van der Waals surface area contributed by atoms with Crippen molar-refractivity contribution in [3.8, 4) is 0 Å². The zero-order chi connectivity index (χ0) is 18.9. The number of primary amides is 1. The van der Waals surface area contributed by atoms with Gasteiger partial charge in [0.2, 0.25) is 11.8 Å². The van der Waals surface area contributed by atoms with Gasteiger partial charge in [0.05, 0.1) is 0 Å². The van der Waals surface area contributed by atoms with Gasteiger partial charge in [-0.3, -0.25) is 9.59 Å². The predicted octanol–water partition coefficient (Wildman–Crippen LogP) is 1.55. The van der Waals surface area contributed by atoms with Gasteiger partial charge in [0.1, 0.15) is 18.2 Å². The lowest BCUT2D eigenvalue weighted by Crippen LogP contribution is -2.57. The Hall–Kier alpha value is -1.79. The van der Waals surface area contributed by atoms with Crippen LogP contribution >= 0.6 is 0 Å². The number of ether oxygens (including phenoxy) is 1. The number of likely N-dealkylation sites (tertiary alicyclic amines) is 1. The van der Waals surface area contributed by atoms with E-state index in [4.69, 9.17) is 10.5 Å². The monoisotopic (exact) mass is 363 g/mol. The summed E-state index contributed by atoms with van der Waals surface area (Å²) in [4.78, 5) is 38.6. The van der Waals surface area contributed by atoms with Crippen molar-refractivity contribution in [3.05, 3.63) is 0 Å². The zero-order valence-electron chi connectivity index (χ0n) is 15.8. The molecule has 3 amide bonds. The summed E-state index contributed by atoms with van der Waals surface area (Å²) in [5, 5.41) is 2.77. The number of nitrogens with zero attached hydrogens (tertiary/aromatic N) is 1. The topological polar surface area (TPSA) is 102 Å². The molecule has 0 radical (unpaired) electrons. The Morgan fingerprint density at radius 1 is 1.19 bits per heavy atom. The number of carbonyl (C=O) groups is 3. The molecule has 7 heteroatoms. The zero-order valence-corrected chi connectivity index (χ0v) is 15.8. The summed E-state index contributed by atoms with van der Waals surface area (Å²) in [6, 6.07) is -1.34. The summed E-state index contributed by atoms with van der Waals surface area (Å²) in [6.45, 7) is 6.17. The predicted molar refractivity (Wildman–Crippen MR) is 93.9 cm³/mol. The first kappa shape index (κ1) is 17.6. The summed E-state index contributed by atoms with van der Waals surface area (Å²) < 4.78 is 5.60. The van der Waals surface area contributed by atoms with Crippen molar-refractivity contribution in [3.63, 3.8) is 0 Å². The highest BCUT2D eigenvalue weighted by Gasteiger charge is 2.86. The highest BCUT2D eigenvalue weighted by molar-refractivity contribution is 5.91. The Bertz CT molecular complexity index is 646. The van der Waals surface area contributed by atoms with Gasteiger partial charge >= 0.3 is 6.09 Å². The third-order valence-corrected chi connectivity index (χ3v) is 6.98. The standard InChI is InChI=1S/C19H29N3O4/c1-17(2,3)13(15(24)22-6-4-5-12(22)14(20)23)21-16(25)26-11-7-18-9-19(18,8-11)10-18/h11-13H,4-10H2,1-3H3,(H2,20,23)(H,21,25)/t11?,12-,13+,18?,19?/m0/s1. The van der Waals surface area contributed by atoms with Crippen molar-refractivity contribution in [1.29, 1.82) is 0 Å². The van der Waals surface area contributed by atoms with Gasteiger partial charge in [-0.1, -0.05) is 20.8 Å². The Morgan fingerprint density at radius 2 is 1.81 bits per heavy atom. The van der Waals surface area contributed by atoms with Crippen LogP contribution in [0.15, 0.2) is 0 Å². The molecule has 3 N–H and O–H groups in total. The van der Waals surface area contributed by atoms with Crippen LogP contribution in [0, 0.1) is 16.2 Å². The summed E-state index contributed by atoms with van der Waals surface area (Å²) >= 11 is 0. The quantitative estimate of drug-likeness (QED) is 0.791. The highest BCUT2D eigenvalue weighted by Crippen LogP contribution is 2.93. The molecule has 0 aromatic carbocycles. The van der Waals surface area contributed by atoms with Gasteiger partial charge in [0, 0.05) is 6.54 Å². The molecule has 0 spiro atoms. The first-order valence-electron chi connectivity index (χ1n) is 9.64. The maximum atomic E-state index is 13.0. The van der Waals surface area contributed by atoms with Gasteiger partial charge in [-0.25, -0.2) is 4.79 Å². The maximum absolute atomic E-state index is 13.0. The van der Waals surface area contributed by atoms with E-state index in [-0.39, 0.29) is 12.0 Å². The SMILES string of the molecule is CC(C)(C)[C@H](NC(=O)OC1CC23CC2(C1)C3)C(=O)N1CCC[C@H]1C(N)=O. The van der Waals surface area contributed by atoms with Crippen molar-refractivity contribution >= 4 is 17.9 Å². The van der Waals surface area contributed by atoms with Gasteiger partial charge < -0.3 is 20.7 Å². The fourth-order valence-corrected chi connectivity index (χ4v) is 5.35. The van der Waals surface area contributed by atoms with Crippen molar-refractivity contribution in [2.75, 3.05) is 6.54 Å². The van der Waals surface area contributed by atoms with E-state index >= 15 is 0 Å². The molecule has 3 aliphatic carbocycles. The molecule has 4 rings (SSSR count). The number of nitrogens with two attached hydrogens (primary N) is 1. The fraction of sp³-hybridized carbons (Fsp3) is 0.842. The number of carbonyl (C=O) groups excluding carboxylic acids is 3. The Morgan fingerprint density at radius 3 is 2.35 bits per heavy atom. The number of nitrogens with one attached hydrogen (secondary N) is 1. The molecule has 4 aliphatic rings. The van der Waals surface area contributed by atoms with Crippen molar-refractivity contribution < 1.29 is 19.1 Å². The molecule has 0 unspecified atom stereocenters. The van der Waals surface area contributed by atoms with Crippen LogP contribution in [0.2, 0.25) is 0 Å². The van der Waals surface area contributed by atoms with E-state index in [2.05, 4.69) is 5.32 Å². The average Bonchev–Trinajstić information content (AvgIpc) is 3.09. The third-order valence-electron chi connectivity index (χ3n) is 6.98. The van der Waals surface area contributed by atoms with Crippen LogP contribution in [0.1, 0.15) is 59.3 Å². The van der Waals surface area contributed by atoms with E-state index in [1.165, 1.54) is 17.7 Å². The smallest absolute Gasteiger partial charge is 0.408 e. The third kappa shape index (κ3) is 2.67. The van der Waals surface area contributed by atoms with Crippen molar-refractivity contribution in [1.82, 2.24) is 10.2 Å². The lowest BCUT2D eigenvalue weighted by Gasteiger charge is -2.35. The largest absolute Gasteiger partial charge is 0.446 e. The summed E-state index contributed by atoms with van der Waals surface area (Å²) in [6.07, 6.45) is 5.28. The van der Waals surface area contributed by atoms with Crippen LogP contribution in [0.25, 0.3) is 0 Å². The highest BCUT2D eigenvalue weighted by atomic mass is 16.6. The van der Waals surface area contributed by atoms with Crippen LogP contribution < -0.4 is 11.1 Å². The molecule has 1 aliphatic heterocycles. The maximum Gasteiger partial charge on any atom is 0.408 e. The molecule has 3 saturated carbocycles. The molecule has 1 saturated heterocycles. The van der Waals surface area contributed by atoms with Gasteiger partial charge in [0.15, 0.2) is 0 Å². The van der Waals surface area contributed by atoms with Crippen LogP contribution in [-0.4, -0.2) is 47.5 Å². The summed E-state index contributed by atoms with van der Waals surface area (Å²) in [5.41, 5.74) is 5.91. The van der Waals surface area contributed by atoms with E-state index in [1.54, 1.807) is 0 Å². The molecule has 2 atom stereocenters. The summed E-state index contributed by atoms with van der Waals surface area (Å²) in [5.74, 6) is -0.751. The van der Waals surface area contributed by atoms with Crippen LogP contribution in [0.4, 0.5) is 4.79 Å². The van der Waals surface area contributed by atoms with Crippen molar-refractivity contribution in [2.45, 2.75) is 77.5 Å². The lowest BCUT2D eigenvalue weighted by atomic mass is 9.85. The van der Waals surface area contributed by atoms with Gasteiger partial charge in [-0.05, 0) is 54.8 Å². The average molecular weight is 363 g/mol. The fourth-order valence-electron chi connectivity index (χ4n) is 5.35. The molecule has 0 bridgehead atoms. The molecule has 0 aromatic rings. The second kappa shape index (κ2) is 5.36. The second-order valence-electron chi connectivity index (χ2n) is 9.89. The minimum Gasteiger partial charge on any atom is -0.446 e. The lowest BCUT2D eigenvalue weighted by molar-refractivity contribution is -0.141. The molecule has 144 valence electrons. The molecular formula is C19H29N3O4. The van der Waals surface area contributed by atoms with E-state index in [0.29, 0.717) is 23.8 Å². The number of amides is 3. The Labute approximate surface area is 154 Å². The van der Waals surface area contributed by atoms with E-state index < -0.39 is 29.5 Å². The first-order valence-corrected chi connectivity index (χ1v) is 9.64. The van der Waals surface area contributed by atoms with Crippen molar-refractivity contribution in [2.24, 2.45) is 22.0 Å². The number of hydrogen-bond donors (Lipinski definition) is 2. The summed E-state index contributed by atoms with van der Waals surface area (Å²) in [7, 11) is 0. The van der Waals surface area contributed by atoms with E-state index in [1.807, 2.05) is 20.8 Å². The molecule has 0 aromatic heterocycles. The van der Waals surface area contributed by atoms with E-state index in [0.717, 1.165) is 19.3 Å². The minimum absolute atomic E-state index is 0.0293. The molecule has 4 fully saturated rings. The first-order chi connectivity index (χ1) is 12.1. The molecule has 1 heterocycles. The Balaban J connectivity index is 1.39.